The molecule has 3 N–H and O–H groups in total. The molecule has 0 aliphatic rings. The number of carbonyl (C=O) groups excluding carboxylic acids is 1. The number of rotatable bonds is 6. The quantitative estimate of drug-likeness (QED) is 0.611. The van der Waals surface area contributed by atoms with E-state index in [2.05, 4.69) is 10.3 Å². The van der Waals surface area contributed by atoms with Gasteiger partial charge in [-0.3, -0.25) is 4.79 Å². The maximum atomic E-state index is 11.8. The Morgan fingerprint density at radius 2 is 2.05 bits per heavy atom. The van der Waals surface area contributed by atoms with Gasteiger partial charge in [0.2, 0.25) is 0 Å². The van der Waals surface area contributed by atoms with Crippen molar-refractivity contribution >= 4 is 11.6 Å². The van der Waals surface area contributed by atoms with E-state index in [1.54, 1.807) is 36.8 Å². The first-order valence-electron chi connectivity index (χ1n) is 6.35. The van der Waals surface area contributed by atoms with Crippen LogP contribution in [0.3, 0.4) is 0 Å². The molecular weight excluding hydrogens is 240 g/mol. The zero-order chi connectivity index (χ0) is 13.5. The lowest BCUT2D eigenvalue weighted by molar-refractivity contribution is 0.0953. The van der Waals surface area contributed by atoms with Crippen molar-refractivity contribution in [2.75, 3.05) is 12.3 Å². The van der Waals surface area contributed by atoms with Gasteiger partial charge in [-0.25, -0.2) is 4.98 Å². The maximum absolute atomic E-state index is 11.8. The SMILES string of the molecule is Nc1ccc(C(=O)NCCCCn2ccnc2)cc1. The van der Waals surface area contributed by atoms with Crippen LogP contribution in [0, 0.1) is 0 Å². The number of benzene rings is 1. The minimum Gasteiger partial charge on any atom is -0.399 e. The van der Waals surface area contributed by atoms with Crippen LogP contribution in [0.15, 0.2) is 43.0 Å². The Morgan fingerprint density at radius 3 is 2.74 bits per heavy atom. The Balaban J connectivity index is 1.65. The first kappa shape index (κ1) is 13.1. The highest BCUT2D eigenvalue weighted by atomic mass is 16.1. The molecule has 5 heteroatoms. The van der Waals surface area contributed by atoms with Crippen LogP contribution in [0.25, 0.3) is 0 Å². The average Bonchev–Trinajstić information content (AvgIpc) is 2.92. The number of nitrogen functional groups attached to an aromatic ring is 1. The molecule has 2 aromatic rings. The molecule has 5 nitrogen and oxygen atoms in total. The van der Waals surface area contributed by atoms with E-state index >= 15 is 0 Å². The average molecular weight is 258 g/mol. The molecule has 1 amide bonds. The first-order valence-corrected chi connectivity index (χ1v) is 6.35. The molecule has 1 aromatic heterocycles. The Hall–Kier alpha value is -2.30. The van der Waals surface area contributed by atoms with Crippen LogP contribution in [-0.4, -0.2) is 22.0 Å². The third-order valence-corrected chi connectivity index (χ3v) is 2.86. The van der Waals surface area contributed by atoms with Crippen LogP contribution in [0.2, 0.25) is 0 Å². The topological polar surface area (TPSA) is 72.9 Å². The molecule has 100 valence electrons. The largest absolute Gasteiger partial charge is 0.399 e. The summed E-state index contributed by atoms with van der Waals surface area (Å²) in [5, 5.41) is 2.89. The van der Waals surface area contributed by atoms with E-state index in [9.17, 15) is 4.79 Å². The summed E-state index contributed by atoms with van der Waals surface area (Å²) in [7, 11) is 0. The number of carbonyl (C=O) groups is 1. The second-order valence-electron chi connectivity index (χ2n) is 4.39. The molecular formula is C14H18N4O. The van der Waals surface area contributed by atoms with Gasteiger partial charge in [-0.1, -0.05) is 0 Å². The van der Waals surface area contributed by atoms with Crippen molar-refractivity contribution in [1.29, 1.82) is 0 Å². The van der Waals surface area contributed by atoms with Gasteiger partial charge >= 0.3 is 0 Å². The van der Waals surface area contributed by atoms with E-state index in [-0.39, 0.29) is 5.91 Å². The second-order valence-corrected chi connectivity index (χ2v) is 4.39. The predicted molar refractivity (Wildman–Crippen MR) is 74.6 cm³/mol. The van der Waals surface area contributed by atoms with Gasteiger partial charge in [0, 0.05) is 36.7 Å². The highest BCUT2D eigenvalue weighted by Gasteiger charge is 2.03. The number of unbranched alkanes of at least 4 members (excludes halogenated alkanes) is 1. The number of hydrogen-bond acceptors (Lipinski definition) is 3. The molecule has 0 saturated carbocycles. The zero-order valence-electron chi connectivity index (χ0n) is 10.7. The monoisotopic (exact) mass is 258 g/mol. The molecule has 0 saturated heterocycles. The Morgan fingerprint density at radius 1 is 1.26 bits per heavy atom. The Labute approximate surface area is 112 Å². The van der Waals surface area contributed by atoms with Crippen molar-refractivity contribution in [3.8, 4) is 0 Å². The van der Waals surface area contributed by atoms with Crippen molar-refractivity contribution in [2.45, 2.75) is 19.4 Å². The number of imidazole rings is 1. The molecule has 2 rings (SSSR count). The van der Waals surface area contributed by atoms with Gasteiger partial charge in [-0.15, -0.1) is 0 Å². The van der Waals surface area contributed by atoms with Crippen molar-refractivity contribution < 1.29 is 4.79 Å². The molecule has 1 heterocycles. The molecule has 0 aliphatic heterocycles. The van der Waals surface area contributed by atoms with Gasteiger partial charge in [-0.05, 0) is 37.1 Å². The van der Waals surface area contributed by atoms with Gasteiger partial charge < -0.3 is 15.6 Å². The van der Waals surface area contributed by atoms with Crippen molar-refractivity contribution in [3.63, 3.8) is 0 Å². The van der Waals surface area contributed by atoms with Crippen molar-refractivity contribution in [1.82, 2.24) is 14.9 Å². The van der Waals surface area contributed by atoms with Gasteiger partial charge in [0.25, 0.3) is 5.91 Å². The molecule has 0 aliphatic carbocycles. The smallest absolute Gasteiger partial charge is 0.251 e. The van der Waals surface area contributed by atoms with Crippen molar-refractivity contribution in [2.24, 2.45) is 0 Å². The van der Waals surface area contributed by atoms with E-state index in [0.717, 1.165) is 19.4 Å². The maximum Gasteiger partial charge on any atom is 0.251 e. The number of nitrogens with zero attached hydrogens (tertiary/aromatic N) is 2. The highest BCUT2D eigenvalue weighted by molar-refractivity contribution is 5.94. The van der Waals surface area contributed by atoms with Gasteiger partial charge in [0.15, 0.2) is 0 Å². The third kappa shape index (κ3) is 4.13. The molecule has 19 heavy (non-hydrogen) atoms. The van der Waals surface area contributed by atoms with E-state index in [4.69, 9.17) is 5.73 Å². The van der Waals surface area contributed by atoms with Crippen LogP contribution in [0.1, 0.15) is 23.2 Å². The molecule has 0 fully saturated rings. The lowest BCUT2D eigenvalue weighted by Crippen LogP contribution is -2.24. The summed E-state index contributed by atoms with van der Waals surface area (Å²) in [5.41, 5.74) is 6.88. The molecule has 0 radical (unpaired) electrons. The molecule has 1 aromatic carbocycles. The zero-order valence-corrected chi connectivity index (χ0v) is 10.7. The summed E-state index contributed by atoms with van der Waals surface area (Å²) in [6.07, 6.45) is 7.46. The predicted octanol–water partition coefficient (Wildman–Crippen LogP) is 1.68. The Bertz CT molecular complexity index is 505. The normalized spacial score (nSPS) is 10.3. The summed E-state index contributed by atoms with van der Waals surface area (Å²) in [6.45, 7) is 1.61. The van der Waals surface area contributed by atoms with Crippen LogP contribution in [0.5, 0.6) is 0 Å². The number of aromatic nitrogens is 2. The molecule has 0 atom stereocenters. The fourth-order valence-corrected chi connectivity index (χ4v) is 1.78. The lowest BCUT2D eigenvalue weighted by atomic mass is 10.2. The lowest BCUT2D eigenvalue weighted by Gasteiger charge is -2.06. The fourth-order valence-electron chi connectivity index (χ4n) is 1.78. The van der Waals surface area contributed by atoms with Crippen LogP contribution in [0.4, 0.5) is 5.69 Å². The minimum atomic E-state index is -0.0531. The fraction of sp³-hybridized carbons (Fsp3) is 0.286. The van der Waals surface area contributed by atoms with E-state index in [1.807, 2.05) is 10.8 Å². The van der Waals surface area contributed by atoms with Gasteiger partial charge in [0.05, 0.1) is 6.33 Å². The van der Waals surface area contributed by atoms with Gasteiger partial charge in [-0.2, -0.15) is 0 Å². The first-order chi connectivity index (χ1) is 9.25. The number of nitrogens with one attached hydrogen (secondary N) is 1. The number of anilines is 1. The standard InChI is InChI=1S/C14H18N4O/c15-13-5-3-12(4-6-13)14(19)17-7-1-2-9-18-10-8-16-11-18/h3-6,8,10-11H,1-2,7,9,15H2,(H,17,19). The summed E-state index contributed by atoms with van der Waals surface area (Å²) in [6, 6.07) is 6.92. The van der Waals surface area contributed by atoms with Crippen molar-refractivity contribution in [3.05, 3.63) is 48.5 Å². The number of aryl methyl sites for hydroxylation is 1. The van der Waals surface area contributed by atoms with E-state index in [1.165, 1.54) is 0 Å². The third-order valence-electron chi connectivity index (χ3n) is 2.86. The van der Waals surface area contributed by atoms with Crippen LogP contribution >= 0.6 is 0 Å². The summed E-state index contributed by atoms with van der Waals surface area (Å²) in [5.74, 6) is -0.0531. The second kappa shape index (κ2) is 6.58. The van der Waals surface area contributed by atoms with Crippen LogP contribution < -0.4 is 11.1 Å². The number of amides is 1. The van der Waals surface area contributed by atoms with E-state index in [0.29, 0.717) is 17.8 Å². The molecule has 0 bridgehead atoms. The summed E-state index contributed by atoms with van der Waals surface area (Å²) >= 11 is 0. The highest BCUT2D eigenvalue weighted by Crippen LogP contribution is 2.05. The van der Waals surface area contributed by atoms with Gasteiger partial charge in [0.1, 0.15) is 0 Å². The number of nitrogens with two attached hydrogens (primary N) is 1. The minimum absolute atomic E-state index is 0.0531. The summed E-state index contributed by atoms with van der Waals surface area (Å²) in [4.78, 5) is 15.8. The summed E-state index contributed by atoms with van der Waals surface area (Å²) < 4.78 is 2.03. The number of hydrogen-bond donors (Lipinski definition) is 2. The molecule has 0 unspecified atom stereocenters. The van der Waals surface area contributed by atoms with E-state index < -0.39 is 0 Å². The molecule has 0 spiro atoms. The van der Waals surface area contributed by atoms with Crippen LogP contribution in [-0.2, 0) is 6.54 Å². The Kier molecular flexibility index (Phi) is 4.55.